The molecule has 28 heavy (non-hydrogen) atoms. The summed E-state index contributed by atoms with van der Waals surface area (Å²) in [4.78, 5) is 16.5. The van der Waals surface area contributed by atoms with Gasteiger partial charge in [0.15, 0.2) is 5.13 Å². The van der Waals surface area contributed by atoms with Crippen LogP contribution in [0.15, 0.2) is 41.3 Å². The Kier molecular flexibility index (Phi) is 4.90. The van der Waals surface area contributed by atoms with E-state index in [2.05, 4.69) is 10.3 Å². The predicted octanol–water partition coefficient (Wildman–Crippen LogP) is 3.78. The average Bonchev–Trinajstić information content (AvgIpc) is 3.31. The Labute approximate surface area is 166 Å². The third-order valence-electron chi connectivity index (χ3n) is 4.64. The molecule has 1 saturated heterocycles. The zero-order valence-corrected chi connectivity index (χ0v) is 16.7. The molecule has 0 unspecified atom stereocenters. The highest BCUT2D eigenvalue weighted by Gasteiger charge is 2.30. The van der Waals surface area contributed by atoms with Crippen LogP contribution in [0.4, 0.5) is 9.52 Å². The van der Waals surface area contributed by atoms with Gasteiger partial charge in [0.2, 0.25) is 10.0 Å². The molecule has 1 aromatic heterocycles. The number of anilines is 1. The minimum absolute atomic E-state index is 0.0645. The summed E-state index contributed by atoms with van der Waals surface area (Å²) >= 11 is 1.32. The first kappa shape index (κ1) is 19.0. The summed E-state index contributed by atoms with van der Waals surface area (Å²) in [6, 6.07) is 9.15. The highest BCUT2D eigenvalue weighted by Crippen LogP contribution is 2.28. The number of carbonyl (C=O) groups excluding carboxylic acids is 1. The number of amides is 1. The normalized spacial score (nSPS) is 15.2. The topological polar surface area (TPSA) is 79.4 Å². The minimum Gasteiger partial charge on any atom is -0.298 e. The Morgan fingerprint density at radius 3 is 2.68 bits per heavy atom. The molecule has 1 aliphatic heterocycles. The van der Waals surface area contributed by atoms with Crippen LogP contribution in [-0.4, -0.2) is 36.7 Å². The van der Waals surface area contributed by atoms with Gasteiger partial charge in [0.05, 0.1) is 10.2 Å². The standard InChI is InChI=1S/C19H18FN3O3S2/c1-12-4-7-15-16(10-12)27-19(21-15)22-18(24)13-5-6-14(20)17(11-13)28(25,26)23-8-2-3-9-23/h4-7,10-11H,2-3,8-9H2,1H3,(H,21,22,24). The van der Waals surface area contributed by atoms with E-state index in [4.69, 9.17) is 0 Å². The third-order valence-corrected chi connectivity index (χ3v) is 7.49. The van der Waals surface area contributed by atoms with Gasteiger partial charge in [-0.2, -0.15) is 4.31 Å². The van der Waals surface area contributed by atoms with Gasteiger partial charge in [-0.3, -0.25) is 10.1 Å². The van der Waals surface area contributed by atoms with E-state index < -0.39 is 26.6 Å². The second-order valence-electron chi connectivity index (χ2n) is 6.70. The van der Waals surface area contributed by atoms with Gasteiger partial charge in [0.25, 0.3) is 5.91 Å². The number of halogens is 1. The number of nitrogens with zero attached hydrogens (tertiary/aromatic N) is 2. The van der Waals surface area contributed by atoms with Crippen LogP contribution in [0.5, 0.6) is 0 Å². The number of benzene rings is 2. The Morgan fingerprint density at radius 1 is 1.18 bits per heavy atom. The first-order chi connectivity index (χ1) is 13.3. The summed E-state index contributed by atoms with van der Waals surface area (Å²) in [5.41, 5.74) is 1.92. The first-order valence-corrected chi connectivity index (χ1v) is 11.1. The first-order valence-electron chi connectivity index (χ1n) is 8.83. The van der Waals surface area contributed by atoms with E-state index in [1.54, 1.807) is 0 Å². The molecule has 146 valence electrons. The lowest BCUT2D eigenvalue weighted by atomic mass is 10.2. The van der Waals surface area contributed by atoms with Crippen molar-refractivity contribution in [2.45, 2.75) is 24.7 Å². The molecule has 0 bridgehead atoms. The second kappa shape index (κ2) is 7.23. The number of aromatic nitrogens is 1. The van der Waals surface area contributed by atoms with Gasteiger partial charge < -0.3 is 0 Å². The summed E-state index contributed by atoms with van der Waals surface area (Å²) in [6.45, 7) is 2.70. The quantitative estimate of drug-likeness (QED) is 0.698. The van der Waals surface area contributed by atoms with Crippen LogP contribution in [0.3, 0.4) is 0 Å². The van der Waals surface area contributed by atoms with E-state index in [-0.39, 0.29) is 5.56 Å². The fourth-order valence-corrected chi connectivity index (χ4v) is 5.73. The van der Waals surface area contributed by atoms with Crippen molar-refractivity contribution in [3.05, 3.63) is 53.3 Å². The van der Waals surface area contributed by atoms with Gasteiger partial charge in [-0.25, -0.2) is 17.8 Å². The Bertz CT molecular complexity index is 1170. The van der Waals surface area contributed by atoms with Crippen molar-refractivity contribution in [2.24, 2.45) is 0 Å². The predicted molar refractivity (Wildman–Crippen MR) is 107 cm³/mol. The van der Waals surface area contributed by atoms with Crippen LogP contribution in [0, 0.1) is 12.7 Å². The van der Waals surface area contributed by atoms with Gasteiger partial charge in [0.1, 0.15) is 10.7 Å². The lowest BCUT2D eigenvalue weighted by Gasteiger charge is -2.16. The smallest absolute Gasteiger partial charge is 0.257 e. The molecule has 6 nitrogen and oxygen atoms in total. The molecular weight excluding hydrogens is 401 g/mol. The van der Waals surface area contributed by atoms with Crippen LogP contribution in [0.1, 0.15) is 28.8 Å². The lowest BCUT2D eigenvalue weighted by Crippen LogP contribution is -2.29. The number of nitrogens with one attached hydrogen (secondary N) is 1. The highest BCUT2D eigenvalue weighted by molar-refractivity contribution is 7.89. The molecule has 1 aliphatic rings. The van der Waals surface area contributed by atoms with Gasteiger partial charge in [-0.15, -0.1) is 0 Å². The number of fused-ring (bicyclic) bond motifs is 1. The number of carbonyl (C=O) groups is 1. The SMILES string of the molecule is Cc1ccc2nc(NC(=O)c3ccc(F)c(S(=O)(=O)N4CCCC4)c3)sc2c1. The molecule has 0 aliphatic carbocycles. The molecule has 1 amide bonds. The van der Waals surface area contributed by atoms with E-state index in [1.807, 2.05) is 25.1 Å². The van der Waals surface area contributed by atoms with Crippen molar-refractivity contribution in [3.8, 4) is 0 Å². The van der Waals surface area contributed by atoms with Crippen LogP contribution in [0.2, 0.25) is 0 Å². The van der Waals surface area contributed by atoms with E-state index >= 15 is 0 Å². The zero-order valence-electron chi connectivity index (χ0n) is 15.1. The summed E-state index contributed by atoms with van der Waals surface area (Å²) in [5.74, 6) is -1.40. The molecule has 2 aromatic carbocycles. The Hall–Kier alpha value is -2.36. The monoisotopic (exact) mass is 419 g/mol. The minimum atomic E-state index is -3.96. The molecule has 9 heteroatoms. The maximum absolute atomic E-state index is 14.2. The largest absolute Gasteiger partial charge is 0.298 e. The van der Waals surface area contributed by atoms with Crippen molar-refractivity contribution in [1.29, 1.82) is 0 Å². The van der Waals surface area contributed by atoms with Crippen LogP contribution < -0.4 is 5.32 Å². The van der Waals surface area contributed by atoms with Crippen molar-refractivity contribution in [3.63, 3.8) is 0 Å². The number of thiazole rings is 1. The zero-order chi connectivity index (χ0) is 19.9. The van der Waals surface area contributed by atoms with Gasteiger partial charge >= 0.3 is 0 Å². The number of aryl methyl sites for hydroxylation is 1. The average molecular weight is 420 g/mol. The molecule has 3 aromatic rings. The lowest BCUT2D eigenvalue weighted by molar-refractivity contribution is 0.102. The molecule has 0 radical (unpaired) electrons. The van der Waals surface area contributed by atoms with E-state index in [0.717, 1.165) is 40.8 Å². The van der Waals surface area contributed by atoms with Crippen LogP contribution in [-0.2, 0) is 10.0 Å². The van der Waals surface area contributed by atoms with E-state index in [9.17, 15) is 17.6 Å². The van der Waals surface area contributed by atoms with E-state index in [1.165, 1.54) is 21.7 Å². The molecule has 0 saturated carbocycles. The number of rotatable bonds is 4. The Morgan fingerprint density at radius 2 is 1.93 bits per heavy atom. The number of hydrogen-bond donors (Lipinski definition) is 1. The molecule has 2 heterocycles. The summed E-state index contributed by atoms with van der Waals surface area (Å²) in [7, 11) is -3.96. The second-order valence-corrected chi connectivity index (χ2v) is 9.64. The van der Waals surface area contributed by atoms with Crippen LogP contribution >= 0.6 is 11.3 Å². The van der Waals surface area contributed by atoms with Crippen molar-refractivity contribution in [2.75, 3.05) is 18.4 Å². The maximum atomic E-state index is 14.2. The van der Waals surface area contributed by atoms with Crippen molar-refractivity contribution in [1.82, 2.24) is 9.29 Å². The van der Waals surface area contributed by atoms with Gasteiger partial charge in [0, 0.05) is 18.7 Å². The number of sulfonamides is 1. The maximum Gasteiger partial charge on any atom is 0.257 e. The summed E-state index contributed by atoms with van der Waals surface area (Å²) < 4.78 is 41.8. The summed E-state index contributed by atoms with van der Waals surface area (Å²) in [6.07, 6.45) is 1.50. The Balaban J connectivity index is 1.62. The van der Waals surface area contributed by atoms with E-state index in [0.29, 0.717) is 18.2 Å². The molecule has 1 N–H and O–H groups in total. The molecular formula is C19H18FN3O3S2. The van der Waals surface area contributed by atoms with Gasteiger partial charge in [-0.05, 0) is 55.7 Å². The van der Waals surface area contributed by atoms with Gasteiger partial charge in [-0.1, -0.05) is 17.4 Å². The van der Waals surface area contributed by atoms with Crippen molar-refractivity contribution < 1.29 is 17.6 Å². The fraction of sp³-hybridized carbons (Fsp3) is 0.263. The fourth-order valence-electron chi connectivity index (χ4n) is 3.16. The molecule has 0 atom stereocenters. The number of hydrogen-bond acceptors (Lipinski definition) is 5. The molecule has 1 fully saturated rings. The molecule has 0 spiro atoms. The van der Waals surface area contributed by atoms with Crippen LogP contribution in [0.25, 0.3) is 10.2 Å². The summed E-state index contributed by atoms with van der Waals surface area (Å²) in [5, 5.41) is 3.07. The third kappa shape index (κ3) is 3.52. The van der Waals surface area contributed by atoms with Crippen molar-refractivity contribution >= 4 is 42.6 Å². The molecule has 4 rings (SSSR count). The highest BCUT2D eigenvalue weighted by atomic mass is 32.2.